The number of carbonyl (C=O) groups is 1. The average molecular weight is 527 g/mol. The number of ether oxygens (including phenoxy) is 1. The molecule has 37 heavy (non-hydrogen) atoms. The molecular formula is C25H30N6O5S. The minimum Gasteiger partial charge on any atom is -0.496 e. The average Bonchev–Trinajstić information content (AvgIpc) is 3.53. The summed E-state index contributed by atoms with van der Waals surface area (Å²) in [6.07, 6.45) is 1.91. The first-order valence-corrected chi connectivity index (χ1v) is 12.6. The number of hydrogen-bond acceptors (Lipinski definition) is 8. The number of aliphatic hydroxyl groups excluding tert-OH is 1. The van der Waals surface area contributed by atoms with Crippen LogP contribution in [0.25, 0.3) is 15.2 Å². The quantitative estimate of drug-likeness (QED) is 0.373. The van der Waals surface area contributed by atoms with E-state index in [1.807, 2.05) is 13.8 Å². The molecule has 0 spiro atoms. The van der Waals surface area contributed by atoms with Crippen LogP contribution in [0.1, 0.15) is 44.0 Å². The molecule has 1 amide bonds. The summed E-state index contributed by atoms with van der Waals surface area (Å²) >= 11 is 1.17. The number of aliphatic hydroxyl groups is 1. The third-order valence-corrected chi connectivity index (χ3v) is 7.82. The SMILES string of the molecule is COc1ccccc1[C@@H](O)Cn1c(=O)n(C(C)C(=O)N(C)C(C)C)c(=O)c2c(C)c(-n3nccn3)sc21. The number of rotatable bonds is 8. The molecule has 3 heterocycles. The monoisotopic (exact) mass is 526 g/mol. The zero-order valence-electron chi connectivity index (χ0n) is 21.6. The van der Waals surface area contributed by atoms with Crippen LogP contribution < -0.4 is 16.0 Å². The number of nitrogens with zero attached hydrogens (tertiary/aromatic N) is 6. The summed E-state index contributed by atoms with van der Waals surface area (Å²) in [5.41, 5.74) is -0.195. The maximum absolute atomic E-state index is 13.9. The standard InChI is InChI=1S/C25H30N6O5S/c1-14(2)28(5)21(33)16(4)30-22(34)20-15(3)23(31-26-11-12-27-31)37-24(20)29(25(30)35)13-18(32)17-9-7-8-10-19(17)36-6/h7-12,14,16,18,32H,13H2,1-6H3/t16?,18-/m0/s1. The van der Waals surface area contributed by atoms with Crippen LogP contribution in [-0.4, -0.2) is 60.2 Å². The number of methoxy groups -OCH3 is 1. The van der Waals surface area contributed by atoms with Crippen molar-refractivity contribution in [2.24, 2.45) is 0 Å². The van der Waals surface area contributed by atoms with Gasteiger partial charge in [-0.15, -0.1) is 4.80 Å². The van der Waals surface area contributed by atoms with E-state index in [-0.39, 0.29) is 23.9 Å². The van der Waals surface area contributed by atoms with Gasteiger partial charge in [0.15, 0.2) is 0 Å². The Morgan fingerprint density at radius 3 is 2.43 bits per heavy atom. The summed E-state index contributed by atoms with van der Waals surface area (Å²) < 4.78 is 7.70. The lowest BCUT2D eigenvalue weighted by atomic mass is 10.1. The zero-order valence-corrected chi connectivity index (χ0v) is 22.4. The summed E-state index contributed by atoms with van der Waals surface area (Å²) in [5.74, 6) is 0.103. The van der Waals surface area contributed by atoms with E-state index < -0.39 is 23.4 Å². The lowest BCUT2D eigenvalue weighted by Crippen LogP contribution is -2.47. The molecule has 0 saturated heterocycles. The van der Waals surface area contributed by atoms with E-state index in [9.17, 15) is 19.5 Å². The normalized spacial score (nSPS) is 13.2. The molecular weight excluding hydrogens is 496 g/mol. The van der Waals surface area contributed by atoms with E-state index in [2.05, 4.69) is 10.2 Å². The summed E-state index contributed by atoms with van der Waals surface area (Å²) in [6.45, 7) is 6.83. The number of hydrogen-bond donors (Lipinski definition) is 1. The van der Waals surface area contributed by atoms with Gasteiger partial charge >= 0.3 is 5.69 Å². The molecule has 1 aromatic carbocycles. The second-order valence-corrected chi connectivity index (χ2v) is 10.1. The molecule has 0 aliphatic rings. The van der Waals surface area contributed by atoms with Gasteiger partial charge < -0.3 is 14.7 Å². The molecule has 2 atom stereocenters. The third-order valence-electron chi connectivity index (χ3n) is 6.54. The van der Waals surface area contributed by atoms with Crippen LogP contribution in [0.2, 0.25) is 0 Å². The van der Waals surface area contributed by atoms with Gasteiger partial charge in [-0.2, -0.15) is 10.2 Å². The number of aryl methyl sites for hydroxylation is 1. The van der Waals surface area contributed by atoms with Gasteiger partial charge in [-0.05, 0) is 33.8 Å². The largest absolute Gasteiger partial charge is 0.496 e. The van der Waals surface area contributed by atoms with E-state index in [0.717, 1.165) is 4.57 Å². The van der Waals surface area contributed by atoms with Crippen LogP contribution >= 0.6 is 11.3 Å². The van der Waals surface area contributed by atoms with Gasteiger partial charge in [-0.25, -0.2) is 9.36 Å². The number of amides is 1. The fraction of sp³-hybridized carbons (Fsp3) is 0.400. The van der Waals surface area contributed by atoms with Gasteiger partial charge in [0.05, 0.1) is 31.4 Å². The lowest BCUT2D eigenvalue weighted by Gasteiger charge is -2.26. The predicted octanol–water partition coefficient (Wildman–Crippen LogP) is 2.28. The smallest absolute Gasteiger partial charge is 0.332 e. The van der Waals surface area contributed by atoms with Crippen molar-refractivity contribution in [3.05, 3.63) is 68.6 Å². The summed E-state index contributed by atoms with van der Waals surface area (Å²) in [5, 5.41) is 20.4. The van der Waals surface area contributed by atoms with E-state index in [4.69, 9.17) is 4.74 Å². The zero-order chi connectivity index (χ0) is 27.0. The van der Waals surface area contributed by atoms with Crippen molar-refractivity contribution in [1.82, 2.24) is 29.0 Å². The molecule has 1 unspecified atom stereocenters. The van der Waals surface area contributed by atoms with Gasteiger partial charge in [0.1, 0.15) is 27.7 Å². The Hall–Kier alpha value is -3.77. The molecule has 1 N–H and O–H groups in total. The van der Waals surface area contributed by atoms with Crippen LogP contribution in [0.3, 0.4) is 0 Å². The first-order valence-electron chi connectivity index (χ1n) is 11.8. The Balaban J connectivity index is 1.97. The number of carbonyl (C=O) groups excluding carboxylic acids is 1. The Morgan fingerprint density at radius 1 is 1.16 bits per heavy atom. The van der Waals surface area contributed by atoms with Crippen LogP contribution in [0.15, 0.2) is 46.2 Å². The highest BCUT2D eigenvalue weighted by Crippen LogP contribution is 2.32. The Kier molecular flexibility index (Phi) is 7.32. The minimum atomic E-state index is -1.12. The van der Waals surface area contributed by atoms with Crippen molar-refractivity contribution in [2.75, 3.05) is 14.2 Å². The van der Waals surface area contributed by atoms with Gasteiger partial charge in [0.2, 0.25) is 5.91 Å². The summed E-state index contributed by atoms with van der Waals surface area (Å²) in [4.78, 5) is 44.0. The number of aromatic nitrogens is 5. The molecule has 0 bridgehead atoms. The molecule has 12 heteroatoms. The molecule has 0 aliphatic heterocycles. The summed E-state index contributed by atoms with van der Waals surface area (Å²) in [6, 6.07) is 5.80. The third kappa shape index (κ3) is 4.58. The number of para-hydroxylation sites is 1. The number of fused-ring (bicyclic) bond motifs is 1. The van der Waals surface area contributed by atoms with Crippen molar-refractivity contribution in [2.45, 2.75) is 52.4 Å². The van der Waals surface area contributed by atoms with E-state index in [0.29, 0.717) is 26.7 Å². The van der Waals surface area contributed by atoms with Crippen molar-refractivity contribution in [1.29, 1.82) is 0 Å². The van der Waals surface area contributed by atoms with E-state index in [1.54, 1.807) is 38.2 Å². The molecule has 4 aromatic rings. The van der Waals surface area contributed by atoms with Crippen LogP contribution in [-0.2, 0) is 11.3 Å². The predicted molar refractivity (Wildman–Crippen MR) is 141 cm³/mol. The van der Waals surface area contributed by atoms with E-state index in [1.165, 1.54) is 52.0 Å². The molecule has 0 aliphatic carbocycles. The molecule has 196 valence electrons. The second-order valence-electron chi connectivity index (χ2n) is 9.08. The van der Waals surface area contributed by atoms with Crippen molar-refractivity contribution < 1.29 is 14.6 Å². The number of benzene rings is 1. The Labute approximate surface area is 217 Å². The van der Waals surface area contributed by atoms with Gasteiger partial charge in [-0.1, -0.05) is 29.5 Å². The lowest BCUT2D eigenvalue weighted by molar-refractivity contribution is -0.134. The number of thiophene rings is 1. The fourth-order valence-electron chi connectivity index (χ4n) is 4.24. The number of likely N-dealkylation sites (N-methyl/N-ethyl adjacent to an activating group) is 1. The van der Waals surface area contributed by atoms with Crippen LogP contribution in [0.5, 0.6) is 5.75 Å². The van der Waals surface area contributed by atoms with Crippen LogP contribution in [0, 0.1) is 6.92 Å². The Bertz CT molecular complexity index is 1550. The first-order chi connectivity index (χ1) is 17.6. The fourth-order valence-corrected chi connectivity index (χ4v) is 5.46. The van der Waals surface area contributed by atoms with E-state index >= 15 is 0 Å². The minimum absolute atomic E-state index is 0.121. The van der Waals surface area contributed by atoms with Gasteiger partial charge in [-0.3, -0.25) is 14.2 Å². The van der Waals surface area contributed by atoms with Gasteiger partial charge in [0.25, 0.3) is 5.56 Å². The molecule has 11 nitrogen and oxygen atoms in total. The second kappa shape index (κ2) is 10.3. The maximum Gasteiger partial charge on any atom is 0.332 e. The van der Waals surface area contributed by atoms with Gasteiger partial charge in [0, 0.05) is 24.2 Å². The highest BCUT2D eigenvalue weighted by atomic mass is 32.1. The molecule has 0 saturated carbocycles. The Morgan fingerprint density at radius 2 is 1.81 bits per heavy atom. The van der Waals surface area contributed by atoms with Crippen LogP contribution in [0.4, 0.5) is 0 Å². The highest BCUT2D eigenvalue weighted by molar-refractivity contribution is 7.21. The molecule has 3 aromatic heterocycles. The van der Waals surface area contributed by atoms with Crippen molar-refractivity contribution >= 4 is 27.5 Å². The van der Waals surface area contributed by atoms with Crippen molar-refractivity contribution in [3.63, 3.8) is 0 Å². The topological polar surface area (TPSA) is 124 Å². The molecule has 0 radical (unpaired) electrons. The summed E-state index contributed by atoms with van der Waals surface area (Å²) in [7, 11) is 3.13. The maximum atomic E-state index is 13.9. The molecule has 0 fully saturated rings. The first kappa shape index (κ1) is 26.3. The molecule has 4 rings (SSSR count). The van der Waals surface area contributed by atoms with Crippen molar-refractivity contribution in [3.8, 4) is 10.8 Å². The highest BCUT2D eigenvalue weighted by Gasteiger charge is 2.29.